The van der Waals surface area contributed by atoms with E-state index < -0.39 is 10.0 Å². The summed E-state index contributed by atoms with van der Waals surface area (Å²) < 4.78 is 30.9. The SMILES string of the molecule is CN(C)c1cncc(NS(C)(=O)=O)c1OC1CC1. The van der Waals surface area contributed by atoms with Crippen molar-refractivity contribution in [1.82, 2.24) is 4.98 Å². The van der Waals surface area contributed by atoms with Gasteiger partial charge in [0.05, 0.1) is 30.4 Å². The summed E-state index contributed by atoms with van der Waals surface area (Å²) in [5.74, 6) is 0.544. The minimum atomic E-state index is -3.35. The molecule has 0 bridgehead atoms. The van der Waals surface area contributed by atoms with Gasteiger partial charge in [-0.1, -0.05) is 0 Å². The van der Waals surface area contributed by atoms with E-state index in [4.69, 9.17) is 4.74 Å². The van der Waals surface area contributed by atoms with E-state index in [1.54, 1.807) is 6.20 Å². The summed E-state index contributed by atoms with van der Waals surface area (Å²) in [6.07, 6.45) is 6.43. The van der Waals surface area contributed by atoms with Crippen molar-refractivity contribution in [2.24, 2.45) is 0 Å². The summed E-state index contributed by atoms with van der Waals surface area (Å²) in [5.41, 5.74) is 1.14. The van der Waals surface area contributed by atoms with Gasteiger partial charge in [0.1, 0.15) is 5.69 Å². The number of rotatable bonds is 5. The highest BCUT2D eigenvalue weighted by Gasteiger charge is 2.27. The Labute approximate surface area is 107 Å². The molecule has 1 N–H and O–H groups in total. The number of hydrogen-bond acceptors (Lipinski definition) is 5. The van der Waals surface area contributed by atoms with Crippen LogP contribution in [0.3, 0.4) is 0 Å². The van der Waals surface area contributed by atoms with Crippen LogP contribution in [0.4, 0.5) is 11.4 Å². The Bertz CT molecular complexity index is 538. The van der Waals surface area contributed by atoms with E-state index >= 15 is 0 Å². The number of pyridine rings is 1. The molecule has 0 saturated heterocycles. The number of aromatic nitrogens is 1. The van der Waals surface area contributed by atoms with Gasteiger partial charge in [-0.15, -0.1) is 0 Å². The number of sulfonamides is 1. The molecule has 100 valence electrons. The Balaban J connectivity index is 2.39. The van der Waals surface area contributed by atoms with Crippen LogP contribution in [-0.4, -0.2) is 39.9 Å². The van der Waals surface area contributed by atoms with Gasteiger partial charge in [-0.3, -0.25) is 9.71 Å². The van der Waals surface area contributed by atoms with E-state index in [1.165, 1.54) is 6.20 Å². The summed E-state index contributed by atoms with van der Waals surface area (Å²) in [5, 5.41) is 0. The molecule has 1 aliphatic carbocycles. The maximum absolute atomic E-state index is 11.3. The Morgan fingerprint density at radius 3 is 2.56 bits per heavy atom. The molecule has 0 atom stereocenters. The lowest BCUT2D eigenvalue weighted by atomic mass is 10.3. The number of nitrogens with one attached hydrogen (secondary N) is 1. The zero-order valence-corrected chi connectivity index (χ0v) is 11.5. The molecule has 0 unspecified atom stereocenters. The van der Waals surface area contributed by atoms with Crippen molar-refractivity contribution in [1.29, 1.82) is 0 Å². The number of hydrogen-bond donors (Lipinski definition) is 1. The summed E-state index contributed by atoms with van der Waals surface area (Å²) in [4.78, 5) is 5.88. The van der Waals surface area contributed by atoms with Gasteiger partial charge in [0, 0.05) is 14.1 Å². The minimum Gasteiger partial charge on any atom is -0.486 e. The molecule has 1 aliphatic rings. The molecule has 1 heterocycles. The zero-order chi connectivity index (χ0) is 13.3. The molecular weight excluding hydrogens is 254 g/mol. The first kappa shape index (κ1) is 12.9. The molecule has 1 aromatic rings. The maximum atomic E-state index is 11.3. The standard InChI is InChI=1S/C11H17N3O3S/c1-14(2)10-7-12-6-9(13-18(3,15)16)11(10)17-8-4-5-8/h6-8,13H,4-5H2,1-3H3. The molecule has 0 radical (unpaired) electrons. The summed E-state index contributed by atoms with van der Waals surface area (Å²) in [6, 6.07) is 0. The largest absolute Gasteiger partial charge is 0.486 e. The van der Waals surface area contributed by atoms with Crippen LogP contribution in [0.15, 0.2) is 12.4 Å². The van der Waals surface area contributed by atoms with Crippen LogP contribution in [0.1, 0.15) is 12.8 Å². The molecule has 0 aromatic carbocycles. The number of ether oxygens (including phenoxy) is 1. The van der Waals surface area contributed by atoms with Crippen LogP contribution < -0.4 is 14.4 Å². The molecule has 2 rings (SSSR count). The highest BCUT2D eigenvalue weighted by molar-refractivity contribution is 7.92. The molecule has 0 aliphatic heterocycles. The summed E-state index contributed by atoms with van der Waals surface area (Å²) >= 11 is 0. The van der Waals surface area contributed by atoms with Crippen LogP contribution in [0.25, 0.3) is 0 Å². The fourth-order valence-corrected chi connectivity index (χ4v) is 2.05. The molecule has 18 heavy (non-hydrogen) atoms. The van der Waals surface area contributed by atoms with Crippen LogP contribution >= 0.6 is 0 Å². The lowest BCUT2D eigenvalue weighted by molar-refractivity contribution is 0.305. The third kappa shape index (κ3) is 3.25. The molecule has 7 heteroatoms. The third-order valence-corrected chi connectivity index (χ3v) is 3.05. The van der Waals surface area contributed by atoms with Crippen LogP contribution in [-0.2, 0) is 10.0 Å². The first-order valence-electron chi connectivity index (χ1n) is 5.66. The quantitative estimate of drug-likeness (QED) is 0.867. The maximum Gasteiger partial charge on any atom is 0.229 e. The van der Waals surface area contributed by atoms with Crippen LogP contribution in [0, 0.1) is 0 Å². The fourth-order valence-electron chi connectivity index (χ4n) is 1.51. The average Bonchev–Trinajstić information content (AvgIpc) is 3.01. The van der Waals surface area contributed by atoms with Crippen molar-refractivity contribution in [2.75, 3.05) is 30.0 Å². The second kappa shape index (κ2) is 4.64. The van der Waals surface area contributed by atoms with Gasteiger partial charge in [-0.2, -0.15) is 0 Å². The Kier molecular flexibility index (Phi) is 3.34. The predicted molar refractivity (Wildman–Crippen MR) is 70.7 cm³/mol. The first-order chi connectivity index (χ1) is 8.37. The van der Waals surface area contributed by atoms with Gasteiger partial charge in [-0.05, 0) is 12.8 Å². The molecule has 1 fully saturated rings. The van der Waals surface area contributed by atoms with Crippen molar-refractivity contribution in [3.63, 3.8) is 0 Å². The van der Waals surface area contributed by atoms with E-state index in [9.17, 15) is 8.42 Å². The number of nitrogens with zero attached hydrogens (tertiary/aromatic N) is 2. The monoisotopic (exact) mass is 271 g/mol. The molecule has 1 aromatic heterocycles. The summed E-state index contributed by atoms with van der Waals surface area (Å²) in [7, 11) is 0.378. The Hall–Kier alpha value is -1.50. The van der Waals surface area contributed by atoms with Crippen LogP contribution in [0.2, 0.25) is 0 Å². The van der Waals surface area contributed by atoms with E-state index in [0.717, 1.165) is 24.8 Å². The van der Waals surface area contributed by atoms with Gasteiger partial charge in [0.15, 0.2) is 5.75 Å². The van der Waals surface area contributed by atoms with Crippen molar-refractivity contribution < 1.29 is 13.2 Å². The van der Waals surface area contributed by atoms with Gasteiger partial charge in [-0.25, -0.2) is 8.42 Å². The van der Waals surface area contributed by atoms with Crippen molar-refractivity contribution in [3.05, 3.63) is 12.4 Å². The smallest absolute Gasteiger partial charge is 0.229 e. The first-order valence-corrected chi connectivity index (χ1v) is 7.56. The van der Waals surface area contributed by atoms with Crippen LogP contribution in [0.5, 0.6) is 5.75 Å². The third-order valence-electron chi connectivity index (χ3n) is 2.46. The highest BCUT2D eigenvalue weighted by Crippen LogP contribution is 2.38. The highest BCUT2D eigenvalue weighted by atomic mass is 32.2. The Morgan fingerprint density at radius 2 is 2.06 bits per heavy atom. The van der Waals surface area contributed by atoms with Gasteiger partial charge in [0.2, 0.25) is 10.0 Å². The van der Waals surface area contributed by atoms with Gasteiger partial charge < -0.3 is 9.64 Å². The van der Waals surface area contributed by atoms with Crippen molar-refractivity contribution in [2.45, 2.75) is 18.9 Å². The topological polar surface area (TPSA) is 71.5 Å². The second-order valence-electron chi connectivity index (χ2n) is 4.62. The molecule has 1 saturated carbocycles. The van der Waals surface area contributed by atoms with E-state index in [-0.39, 0.29) is 6.10 Å². The van der Waals surface area contributed by atoms with Gasteiger partial charge >= 0.3 is 0 Å². The summed E-state index contributed by atoms with van der Waals surface area (Å²) in [6.45, 7) is 0. The molecular formula is C11H17N3O3S. The molecule has 6 nitrogen and oxygen atoms in total. The Morgan fingerprint density at radius 1 is 1.39 bits per heavy atom. The van der Waals surface area contributed by atoms with E-state index in [2.05, 4.69) is 9.71 Å². The fraction of sp³-hybridized carbons (Fsp3) is 0.545. The lowest BCUT2D eigenvalue weighted by Crippen LogP contribution is -2.16. The predicted octanol–water partition coefficient (Wildman–Crippen LogP) is 1.06. The van der Waals surface area contributed by atoms with E-state index in [1.807, 2.05) is 19.0 Å². The normalized spacial score (nSPS) is 15.3. The minimum absolute atomic E-state index is 0.186. The second-order valence-corrected chi connectivity index (χ2v) is 6.37. The zero-order valence-electron chi connectivity index (χ0n) is 10.7. The van der Waals surface area contributed by atoms with Crippen molar-refractivity contribution >= 4 is 21.4 Å². The lowest BCUT2D eigenvalue weighted by Gasteiger charge is -2.20. The van der Waals surface area contributed by atoms with E-state index in [0.29, 0.717) is 11.4 Å². The number of anilines is 2. The van der Waals surface area contributed by atoms with Crippen molar-refractivity contribution in [3.8, 4) is 5.75 Å². The molecule has 0 amide bonds. The van der Waals surface area contributed by atoms with Gasteiger partial charge in [0.25, 0.3) is 0 Å². The molecule has 0 spiro atoms. The average molecular weight is 271 g/mol.